The van der Waals surface area contributed by atoms with Gasteiger partial charge in [0, 0.05) is 20.7 Å². The molecule has 0 aliphatic rings. The first kappa shape index (κ1) is 19.0. The van der Waals surface area contributed by atoms with Crippen LogP contribution in [0.5, 0.6) is 11.5 Å². The summed E-state index contributed by atoms with van der Waals surface area (Å²) < 4.78 is 11.9. The second-order valence-electron chi connectivity index (χ2n) is 6.53. The Morgan fingerprint density at radius 3 is 2.41 bits per heavy atom. The maximum absolute atomic E-state index is 12.5. The van der Waals surface area contributed by atoms with E-state index in [1.54, 1.807) is 55.9 Å². The lowest BCUT2D eigenvalue weighted by atomic mass is 10.1. The summed E-state index contributed by atoms with van der Waals surface area (Å²) >= 11 is 1.75. The summed E-state index contributed by atoms with van der Waals surface area (Å²) in [7, 11) is 3.24. The Balaban J connectivity index is 1.64. The number of hydrogen-bond donors (Lipinski definition) is 0. The smallest absolute Gasteiger partial charge is 0.185 e. The number of thiophene rings is 1. The topological polar surface area (TPSA) is 35.5 Å². The highest BCUT2D eigenvalue weighted by Crippen LogP contribution is 2.35. The fourth-order valence-electron chi connectivity index (χ4n) is 3.16. The van der Waals surface area contributed by atoms with Crippen LogP contribution < -0.4 is 9.47 Å². The number of rotatable bonds is 6. The van der Waals surface area contributed by atoms with Gasteiger partial charge in [0.1, 0.15) is 11.5 Å². The Bertz CT molecular complexity index is 1150. The summed E-state index contributed by atoms with van der Waals surface area (Å²) in [5.41, 5.74) is 2.58. The number of ether oxygens (including phenoxy) is 2. The Morgan fingerprint density at radius 1 is 0.897 bits per heavy atom. The molecule has 3 nitrogen and oxygen atoms in total. The van der Waals surface area contributed by atoms with Crippen molar-refractivity contribution in [1.82, 2.24) is 0 Å². The number of allylic oxidation sites excluding steroid dienone is 1. The molecule has 0 aliphatic carbocycles. The van der Waals surface area contributed by atoms with Gasteiger partial charge in [-0.25, -0.2) is 0 Å². The van der Waals surface area contributed by atoms with Crippen molar-refractivity contribution in [3.63, 3.8) is 0 Å². The van der Waals surface area contributed by atoms with Crippen molar-refractivity contribution in [2.75, 3.05) is 14.2 Å². The van der Waals surface area contributed by atoms with Crippen LogP contribution in [0.15, 0.2) is 78.9 Å². The van der Waals surface area contributed by atoms with E-state index in [0.29, 0.717) is 5.56 Å². The van der Waals surface area contributed by atoms with E-state index in [9.17, 15) is 4.79 Å². The van der Waals surface area contributed by atoms with Gasteiger partial charge in [0.15, 0.2) is 5.78 Å². The van der Waals surface area contributed by atoms with E-state index in [-0.39, 0.29) is 5.78 Å². The molecule has 0 N–H and O–H groups in total. The molecule has 0 bridgehead atoms. The molecule has 144 valence electrons. The highest BCUT2D eigenvalue weighted by Gasteiger charge is 2.08. The normalized spacial score (nSPS) is 11.1. The lowest BCUT2D eigenvalue weighted by Crippen LogP contribution is -1.94. The summed E-state index contributed by atoms with van der Waals surface area (Å²) in [6.45, 7) is 0. The average molecular weight is 400 g/mol. The van der Waals surface area contributed by atoms with E-state index in [4.69, 9.17) is 9.47 Å². The van der Waals surface area contributed by atoms with Crippen molar-refractivity contribution < 1.29 is 14.3 Å². The maximum Gasteiger partial charge on any atom is 0.185 e. The molecule has 0 radical (unpaired) electrons. The molecular weight excluding hydrogens is 380 g/mol. The molecule has 0 saturated carbocycles. The van der Waals surface area contributed by atoms with Crippen molar-refractivity contribution in [2.45, 2.75) is 0 Å². The SMILES string of the molecule is COc1ccc(C(=O)C=Cc2cc(-c3cc4ccccc4s3)ccc2OC)cc1. The predicted molar refractivity (Wildman–Crippen MR) is 120 cm³/mol. The summed E-state index contributed by atoms with van der Waals surface area (Å²) in [6, 6.07) is 23.7. The summed E-state index contributed by atoms with van der Waals surface area (Å²) in [6.07, 6.45) is 3.39. The highest BCUT2D eigenvalue weighted by molar-refractivity contribution is 7.22. The van der Waals surface area contributed by atoms with Crippen LogP contribution in [0.1, 0.15) is 15.9 Å². The van der Waals surface area contributed by atoms with Crippen molar-refractivity contribution in [1.29, 1.82) is 0 Å². The van der Waals surface area contributed by atoms with E-state index < -0.39 is 0 Å². The maximum atomic E-state index is 12.5. The van der Waals surface area contributed by atoms with Gasteiger partial charge in [-0.3, -0.25) is 4.79 Å². The third kappa shape index (κ3) is 4.08. The van der Waals surface area contributed by atoms with E-state index in [2.05, 4.69) is 30.3 Å². The minimum Gasteiger partial charge on any atom is -0.497 e. The van der Waals surface area contributed by atoms with Crippen molar-refractivity contribution in [2.24, 2.45) is 0 Å². The molecule has 0 atom stereocenters. The molecule has 0 fully saturated rings. The zero-order chi connectivity index (χ0) is 20.2. The van der Waals surface area contributed by atoms with Crippen molar-refractivity contribution in [3.05, 3.63) is 90.0 Å². The minimum absolute atomic E-state index is 0.0676. The van der Waals surface area contributed by atoms with Crippen LogP contribution >= 0.6 is 11.3 Å². The van der Waals surface area contributed by atoms with Gasteiger partial charge in [0.25, 0.3) is 0 Å². The first-order valence-electron chi connectivity index (χ1n) is 9.21. The first-order valence-corrected chi connectivity index (χ1v) is 10.0. The molecular formula is C25H20O3S. The zero-order valence-electron chi connectivity index (χ0n) is 16.2. The highest BCUT2D eigenvalue weighted by atomic mass is 32.1. The molecule has 0 aliphatic heterocycles. The number of benzene rings is 3. The molecule has 4 rings (SSSR count). The number of methoxy groups -OCH3 is 2. The molecule has 4 aromatic rings. The Morgan fingerprint density at radius 2 is 1.69 bits per heavy atom. The fraction of sp³-hybridized carbons (Fsp3) is 0.0800. The second kappa shape index (κ2) is 8.33. The molecule has 0 spiro atoms. The third-order valence-corrected chi connectivity index (χ3v) is 5.89. The van der Waals surface area contributed by atoms with Crippen molar-refractivity contribution in [3.8, 4) is 21.9 Å². The lowest BCUT2D eigenvalue weighted by Gasteiger charge is -2.07. The van der Waals surface area contributed by atoms with E-state index in [1.165, 1.54) is 15.0 Å². The van der Waals surface area contributed by atoms with Gasteiger partial charge in [-0.1, -0.05) is 18.2 Å². The molecule has 1 heterocycles. The van der Waals surface area contributed by atoms with Gasteiger partial charge >= 0.3 is 0 Å². The number of carbonyl (C=O) groups is 1. The van der Waals surface area contributed by atoms with Gasteiger partial charge < -0.3 is 9.47 Å². The number of ketones is 1. The molecule has 3 aromatic carbocycles. The van der Waals surface area contributed by atoms with Gasteiger partial charge in [0.05, 0.1) is 14.2 Å². The van der Waals surface area contributed by atoms with Crippen LogP contribution in [0.3, 0.4) is 0 Å². The van der Waals surface area contributed by atoms with Crippen LogP contribution in [0.4, 0.5) is 0 Å². The van der Waals surface area contributed by atoms with Gasteiger partial charge in [-0.05, 0) is 77.7 Å². The third-order valence-electron chi connectivity index (χ3n) is 4.73. The monoisotopic (exact) mass is 400 g/mol. The van der Waals surface area contributed by atoms with E-state index in [1.807, 2.05) is 24.3 Å². The van der Waals surface area contributed by atoms with Crippen LogP contribution in [-0.4, -0.2) is 20.0 Å². The molecule has 29 heavy (non-hydrogen) atoms. The minimum atomic E-state index is -0.0676. The summed E-state index contributed by atoms with van der Waals surface area (Å²) in [4.78, 5) is 13.7. The number of fused-ring (bicyclic) bond motifs is 1. The molecule has 0 unspecified atom stereocenters. The Hall–Kier alpha value is -3.37. The summed E-state index contributed by atoms with van der Waals surface area (Å²) in [5, 5.41) is 1.23. The number of hydrogen-bond acceptors (Lipinski definition) is 4. The number of carbonyl (C=O) groups excluding carboxylic acids is 1. The molecule has 0 saturated heterocycles. The average Bonchev–Trinajstić information content (AvgIpc) is 3.21. The Labute approximate surface area is 173 Å². The molecule has 1 aromatic heterocycles. The van der Waals surface area contributed by atoms with Crippen LogP contribution in [0.25, 0.3) is 26.6 Å². The lowest BCUT2D eigenvalue weighted by molar-refractivity contribution is 0.104. The van der Waals surface area contributed by atoms with Gasteiger partial charge in [0.2, 0.25) is 0 Å². The first-order chi connectivity index (χ1) is 14.2. The van der Waals surface area contributed by atoms with Gasteiger partial charge in [-0.15, -0.1) is 11.3 Å². The fourth-order valence-corrected chi connectivity index (χ4v) is 4.22. The van der Waals surface area contributed by atoms with E-state index >= 15 is 0 Å². The Kier molecular flexibility index (Phi) is 5.45. The molecule has 4 heteroatoms. The second-order valence-corrected chi connectivity index (χ2v) is 7.62. The van der Waals surface area contributed by atoms with Crippen LogP contribution in [0.2, 0.25) is 0 Å². The molecule has 0 amide bonds. The van der Waals surface area contributed by atoms with Gasteiger partial charge in [-0.2, -0.15) is 0 Å². The standard InChI is InChI=1S/C25H20O3S/c1-27-21-11-7-17(8-12-21)22(26)13-9-18-15-20(10-14-23(18)28-2)25-16-19-5-3-4-6-24(19)29-25/h3-16H,1-2H3. The zero-order valence-corrected chi connectivity index (χ0v) is 17.0. The summed E-state index contributed by atoms with van der Waals surface area (Å²) in [5.74, 6) is 1.39. The van der Waals surface area contributed by atoms with E-state index in [0.717, 1.165) is 22.6 Å². The van der Waals surface area contributed by atoms with Crippen LogP contribution in [0, 0.1) is 0 Å². The van der Waals surface area contributed by atoms with Crippen LogP contribution in [-0.2, 0) is 0 Å². The quantitative estimate of drug-likeness (QED) is 0.274. The van der Waals surface area contributed by atoms with Crippen molar-refractivity contribution >= 4 is 33.3 Å². The predicted octanol–water partition coefficient (Wildman–Crippen LogP) is 6.48. The largest absolute Gasteiger partial charge is 0.497 e.